The Morgan fingerprint density at radius 2 is 2.36 bits per heavy atom. The molecule has 1 aromatic rings. The smallest absolute Gasteiger partial charge is 0.213 e. The van der Waals surface area contributed by atoms with E-state index in [0.717, 1.165) is 0 Å². The molecule has 0 aliphatic carbocycles. The van der Waals surface area contributed by atoms with Crippen molar-refractivity contribution in [3.8, 4) is 5.88 Å². The Hall–Kier alpha value is -1.62. The Labute approximate surface area is 81.2 Å². The highest BCUT2D eigenvalue weighted by molar-refractivity contribution is 5.89. The molecule has 1 aliphatic rings. The average Bonchev–Trinajstić information content (AvgIpc) is 2.19. The highest BCUT2D eigenvalue weighted by Gasteiger charge is 2.20. The van der Waals surface area contributed by atoms with Crippen molar-refractivity contribution in [2.24, 2.45) is 10.7 Å². The molecule has 74 valence electrons. The molecule has 0 saturated heterocycles. The Kier molecular flexibility index (Phi) is 2.09. The second kappa shape index (κ2) is 3.26. The van der Waals surface area contributed by atoms with Gasteiger partial charge in [-0.2, -0.15) is 0 Å². The molecule has 0 bridgehead atoms. The maximum absolute atomic E-state index is 9.45. The predicted octanol–water partition coefficient (Wildman–Crippen LogP) is -0.00410. The van der Waals surface area contributed by atoms with Crippen molar-refractivity contribution < 1.29 is 9.84 Å². The third-order valence-corrected chi connectivity index (χ3v) is 2.11. The van der Waals surface area contributed by atoms with Crippen molar-refractivity contribution in [2.75, 3.05) is 7.11 Å². The molecule has 1 aliphatic heterocycles. The van der Waals surface area contributed by atoms with Crippen LogP contribution in [0.4, 0.5) is 5.69 Å². The number of fused-ring (bicyclic) bond motifs is 1. The molecule has 0 saturated carbocycles. The normalized spacial score (nSPS) is 19.9. The molecule has 2 heterocycles. The summed E-state index contributed by atoms with van der Waals surface area (Å²) in [5.74, 6) is 0.760. The quantitative estimate of drug-likeness (QED) is 0.657. The lowest BCUT2D eigenvalue weighted by molar-refractivity contribution is 0.237. The summed E-state index contributed by atoms with van der Waals surface area (Å²) in [4.78, 5) is 8.20. The lowest BCUT2D eigenvalue weighted by Crippen LogP contribution is -2.33. The number of hydrogen-bond acceptors (Lipinski definition) is 5. The lowest BCUT2D eigenvalue weighted by Gasteiger charge is -2.17. The van der Waals surface area contributed by atoms with Crippen molar-refractivity contribution in [2.45, 2.75) is 12.5 Å². The van der Waals surface area contributed by atoms with Gasteiger partial charge in [0.1, 0.15) is 11.9 Å². The van der Waals surface area contributed by atoms with Gasteiger partial charge in [0.15, 0.2) is 0 Å². The zero-order valence-electron chi connectivity index (χ0n) is 7.77. The van der Waals surface area contributed by atoms with E-state index in [4.69, 9.17) is 10.5 Å². The van der Waals surface area contributed by atoms with Gasteiger partial charge in [-0.05, 0) is 6.07 Å². The summed E-state index contributed by atoms with van der Waals surface area (Å²) in [5.41, 5.74) is 6.92. The van der Waals surface area contributed by atoms with E-state index >= 15 is 0 Å². The number of pyridine rings is 1. The predicted molar refractivity (Wildman–Crippen MR) is 51.8 cm³/mol. The van der Waals surface area contributed by atoms with E-state index < -0.39 is 6.10 Å². The summed E-state index contributed by atoms with van der Waals surface area (Å²) in [6, 6.07) is 3.49. The minimum Gasteiger partial charge on any atom is -0.481 e. The van der Waals surface area contributed by atoms with Gasteiger partial charge < -0.3 is 15.6 Å². The molecule has 1 atom stereocenters. The maximum atomic E-state index is 9.45. The molecule has 0 amide bonds. The number of ether oxygens (including phenoxy) is 1. The number of aliphatic hydroxyl groups is 1. The van der Waals surface area contributed by atoms with Crippen LogP contribution in [0.1, 0.15) is 5.69 Å². The first-order chi connectivity index (χ1) is 6.70. The summed E-state index contributed by atoms with van der Waals surface area (Å²) in [6.45, 7) is 0. The van der Waals surface area contributed by atoms with Gasteiger partial charge in [0.2, 0.25) is 5.88 Å². The van der Waals surface area contributed by atoms with Gasteiger partial charge in [-0.15, -0.1) is 0 Å². The molecule has 14 heavy (non-hydrogen) atoms. The fourth-order valence-electron chi connectivity index (χ4n) is 1.34. The standard InChI is InChI=1S/C9H11N3O2/c1-14-8-3-2-5-6(11-8)4-7(13)9(10)12-5/h2-3,7,13H,4H2,1H3,(H2,10,12). The van der Waals surface area contributed by atoms with Gasteiger partial charge >= 0.3 is 0 Å². The third-order valence-electron chi connectivity index (χ3n) is 2.11. The first-order valence-corrected chi connectivity index (χ1v) is 4.26. The summed E-state index contributed by atoms with van der Waals surface area (Å²) in [6.07, 6.45) is -0.343. The zero-order chi connectivity index (χ0) is 10.1. The second-order valence-corrected chi connectivity index (χ2v) is 3.08. The van der Waals surface area contributed by atoms with E-state index in [1.807, 2.05) is 0 Å². The number of nitrogens with zero attached hydrogens (tertiary/aromatic N) is 2. The number of amidine groups is 1. The fraction of sp³-hybridized carbons (Fsp3) is 0.333. The monoisotopic (exact) mass is 193 g/mol. The van der Waals surface area contributed by atoms with E-state index in [2.05, 4.69) is 9.98 Å². The SMILES string of the molecule is COc1ccc2c(n1)CC(O)C(N)=N2. The molecule has 2 rings (SSSR count). The van der Waals surface area contributed by atoms with Gasteiger partial charge in [-0.25, -0.2) is 9.98 Å². The van der Waals surface area contributed by atoms with Crippen LogP contribution in [0.2, 0.25) is 0 Å². The number of hydrogen-bond donors (Lipinski definition) is 2. The Balaban J connectivity index is 2.44. The van der Waals surface area contributed by atoms with Crippen LogP contribution in [0, 0.1) is 0 Å². The van der Waals surface area contributed by atoms with E-state index in [0.29, 0.717) is 23.7 Å². The third kappa shape index (κ3) is 1.42. The van der Waals surface area contributed by atoms with Crippen molar-refractivity contribution >= 4 is 11.5 Å². The van der Waals surface area contributed by atoms with Crippen LogP contribution in [0.15, 0.2) is 17.1 Å². The minimum absolute atomic E-state index is 0.240. The minimum atomic E-state index is -0.734. The summed E-state index contributed by atoms with van der Waals surface area (Å²) in [7, 11) is 1.55. The van der Waals surface area contributed by atoms with E-state index in [9.17, 15) is 5.11 Å². The Morgan fingerprint density at radius 3 is 3.07 bits per heavy atom. The van der Waals surface area contributed by atoms with Gasteiger partial charge in [0, 0.05) is 12.5 Å². The highest BCUT2D eigenvalue weighted by Crippen LogP contribution is 2.25. The molecule has 0 fully saturated rings. The first-order valence-electron chi connectivity index (χ1n) is 4.26. The van der Waals surface area contributed by atoms with Gasteiger partial charge in [0.25, 0.3) is 0 Å². The Bertz CT molecular complexity index is 390. The topological polar surface area (TPSA) is 80.7 Å². The average molecular weight is 193 g/mol. The molecule has 5 heteroatoms. The van der Waals surface area contributed by atoms with Crippen molar-refractivity contribution in [3.05, 3.63) is 17.8 Å². The van der Waals surface area contributed by atoms with Crippen LogP contribution >= 0.6 is 0 Å². The van der Waals surface area contributed by atoms with Gasteiger partial charge in [-0.3, -0.25) is 0 Å². The number of methoxy groups -OCH3 is 1. The van der Waals surface area contributed by atoms with E-state index in [1.165, 1.54) is 0 Å². The highest BCUT2D eigenvalue weighted by atomic mass is 16.5. The van der Waals surface area contributed by atoms with Crippen molar-refractivity contribution in [1.82, 2.24) is 4.98 Å². The lowest BCUT2D eigenvalue weighted by atomic mass is 10.1. The molecule has 5 nitrogen and oxygen atoms in total. The number of aliphatic imine (C=N–C) groups is 1. The molecule has 1 unspecified atom stereocenters. The van der Waals surface area contributed by atoms with Crippen LogP contribution in [-0.4, -0.2) is 29.1 Å². The van der Waals surface area contributed by atoms with Crippen molar-refractivity contribution in [3.63, 3.8) is 0 Å². The number of rotatable bonds is 1. The van der Waals surface area contributed by atoms with Crippen LogP contribution in [-0.2, 0) is 6.42 Å². The largest absolute Gasteiger partial charge is 0.481 e. The number of aliphatic hydroxyl groups excluding tert-OH is 1. The molecule has 0 aromatic carbocycles. The fourth-order valence-corrected chi connectivity index (χ4v) is 1.34. The Morgan fingerprint density at radius 1 is 1.57 bits per heavy atom. The van der Waals surface area contributed by atoms with Crippen LogP contribution in [0.25, 0.3) is 0 Å². The van der Waals surface area contributed by atoms with Gasteiger partial charge in [0.05, 0.1) is 18.5 Å². The van der Waals surface area contributed by atoms with E-state index in [1.54, 1.807) is 19.2 Å². The molecular formula is C9H11N3O2. The molecular weight excluding hydrogens is 182 g/mol. The molecule has 3 N–H and O–H groups in total. The molecule has 0 radical (unpaired) electrons. The van der Waals surface area contributed by atoms with Crippen LogP contribution in [0.5, 0.6) is 5.88 Å². The molecule has 1 aromatic heterocycles. The number of nitrogens with two attached hydrogens (primary N) is 1. The van der Waals surface area contributed by atoms with Crippen LogP contribution < -0.4 is 10.5 Å². The summed E-state index contributed by atoms with van der Waals surface area (Å²) < 4.78 is 4.97. The van der Waals surface area contributed by atoms with E-state index in [-0.39, 0.29) is 5.84 Å². The first kappa shape index (κ1) is 8.96. The summed E-state index contributed by atoms with van der Waals surface area (Å²) in [5, 5.41) is 9.45. The molecule has 0 spiro atoms. The van der Waals surface area contributed by atoms with Crippen molar-refractivity contribution in [1.29, 1.82) is 0 Å². The summed E-state index contributed by atoms with van der Waals surface area (Å²) >= 11 is 0. The van der Waals surface area contributed by atoms with Crippen LogP contribution in [0.3, 0.4) is 0 Å². The maximum Gasteiger partial charge on any atom is 0.213 e. The zero-order valence-corrected chi connectivity index (χ0v) is 7.77. The second-order valence-electron chi connectivity index (χ2n) is 3.08. The van der Waals surface area contributed by atoms with Gasteiger partial charge in [-0.1, -0.05) is 0 Å². The number of aromatic nitrogens is 1.